The number of aromatic nitrogens is 4. The van der Waals surface area contributed by atoms with Gasteiger partial charge in [-0.25, -0.2) is 14.1 Å². The zero-order chi connectivity index (χ0) is 22.5. The van der Waals surface area contributed by atoms with Gasteiger partial charge in [0.25, 0.3) is 5.56 Å². The maximum atomic E-state index is 13.1. The van der Waals surface area contributed by atoms with E-state index < -0.39 is 0 Å². The summed E-state index contributed by atoms with van der Waals surface area (Å²) in [6.45, 7) is 0.938. The van der Waals surface area contributed by atoms with Crippen molar-refractivity contribution in [2.75, 3.05) is 6.54 Å². The third kappa shape index (κ3) is 4.92. The van der Waals surface area contributed by atoms with E-state index in [2.05, 4.69) is 15.4 Å². The molecule has 0 aliphatic rings. The Morgan fingerprint density at radius 2 is 1.94 bits per heavy atom. The van der Waals surface area contributed by atoms with Crippen LogP contribution in [-0.4, -0.2) is 31.8 Å². The molecule has 7 nitrogen and oxygen atoms in total. The lowest BCUT2D eigenvalue weighted by atomic mass is 10.2. The number of hydrogen-bond donors (Lipinski definition) is 1. The van der Waals surface area contributed by atoms with Gasteiger partial charge < -0.3 is 5.32 Å². The summed E-state index contributed by atoms with van der Waals surface area (Å²) in [5.41, 5.74) is 1.74. The average Bonchev–Trinajstić information content (AvgIpc) is 3.20. The van der Waals surface area contributed by atoms with Crippen molar-refractivity contribution < 1.29 is 9.18 Å². The van der Waals surface area contributed by atoms with E-state index in [9.17, 15) is 14.0 Å². The second kappa shape index (κ2) is 9.57. The van der Waals surface area contributed by atoms with Crippen molar-refractivity contribution in [3.05, 3.63) is 99.5 Å². The Morgan fingerprint density at radius 3 is 2.72 bits per heavy atom. The van der Waals surface area contributed by atoms with Gasteiger partial charge in [-0.3, -0.25) is 14.2 Å². The number of carbonyl (C=O) groups excluding carboxylic acids is 1. The van der Waals surface area contributed by atoms with Crippen LogP contribution in [0.15, 0.2) is 71.9 Å². The number of nitrogens with zero attached hydrogens (tertiary/aromatic N) is 4. The van der Waals surface area contributed by atoms with E-state index in [1.54, 1.807) is 29.0 Å². The lowest BCUT2D eigenvalue weighted by Crippen LogP contribution is -2.26. The van der Waals surface area contributed by atoms with Crippen LogP contribution in [0.2, 0.25) is 5.02 Å². The minimum Gasteiger partial charge on any atom is -0.351 e. The molecule has 2 heterocycles. The lowest BCUT2D eigenvalue weighted by molar-refractivity contribution is -0.116. The van der Waals surface area contributed by atoms with Crippen molar-refractivity contribution >= 4 is 34.6 Å². The highest BCUT2D eigenvalue weighted by Crippen LogP contribution is 2.16. The Morgan fingerprint density at radius 1 is 1.16 bits per heavy atom. The number of halogens is 2. The molecule has 4 rings (SSSR count). The van der Waals surface area contributed by atoms with Crippen LogP contribution in [0.1, 0.15) is 11.1 Å². The molecule has 0 saturated carbocycles. The van der Waals surface area contributed by atoms with Crippen LogP contribution in [0.5, 0.6) is 0 Å². The van der Waals surface area contributed by atoms with Gasteiger partial charge in [0.2, 0.25) is 5.91 Å². The maximum absolute atomic E-state index is 13.1. The van der Waals surface area contributed by atoms with Gasteiger partial charge in [-0.1, -0.05) is 41.9 Å². The molecular weight excluding hydrogens is 433 g/mol. The summed E-state index contributed by atoms with van der Waals surface area (Å²) in [6.07, 6.45) is 5.96. The summed E-state index contributed by atoms with van der Waals surface area (Å²) in [7, 11) is 0. The van der Waals surface area contributed by atoms with Crippen molar-refractivity contribution in [1.29, 1.82) is 0 Å². The molecule has 0 atom stereocenters. The molecule has 32 heavy (non-hydrogen) atoms. The number of hydrogen-bond acceptors (Lipinski definition) is 4. The Balaban J connectivity index is 1.39. The Bertz CT molecular complexity index is 1340. The van der Waals surface area contributed by atoms with Crippen LogP contribution in [0, 0.1) is 5.82 Å². The zero-order valence-electron chi connectivity index (χ0n) is 16.9. The third-order valence-corrected chi connectivity index (χ3v) is 5.17. The molecule has 0 radical (unpaired) electrons. The predicted molar refractivity (Wildman–Crippen MR) is 121 cm³/mol. The summed E-state index contributed by atoms with van der Waals surface area (Å²) < 4.78 is 16.1. The molecule has 0 spiro atoms. The molecule has 2 aromatic carbocycles. The van der Waals surface area contributed by atoms with Crippen LogP contribution in [-0.2, 0) is 17.9 Å². The summed E-state index contributed by atoms with van der Waals surface area (Å²) in [6, 6.07) is 13.2. The van der Waals surface area contributed by atoms with Gasteiger partial charge >= 0.3 is 0 Å². The second-order valence-electron chi connectivity index (χ2n) is 7.05. The Labute approximate surface area is 187 Å². The number of nitrogens with one attached hydrogen (secondary N) is 1. The van der Waals surface area contributed by atoms with E-state index >= 15 is 0 Å². The Hall–Kier alpha value is -3.78. The lowest BCUT2D eigenvalue weighted by Gasteiger charge is -2.07. The highest BCUT2D eigenvalue weighted by Gasteiger charge is 2.10. The molecular formula is C23H19ClFN5O2. The summed E-state index contributed by atoms with van der Waals surface area (Å²) in [5.74, 6) is -0.599. The molecule has 9 heteroatoms. The van der Waals surface area contributed by atoms with Crippen molar-refractivity contribution in [2.45, 2.75) is 13.1 Å². The first-order chi connectivity index (χ1) is 15.5. The first-order valence-corrected chi connectivity index (χ1v) is 10.2. The Kier molecular flexibility index (Phi) is 6.42. The minimum absolute atomic E-state index is 0.239. The fourth-order valence-corrected chi connectivity index (χ4v) is 3.38. The van der Waals surface area contributed by atoms with Gasteiger partial charge in [-0.15, -0.1) is 0 Å². The number of rotatable bonds is 7. The molecule has 0 saturated heterocycles. The molecule has 0 unspecified atom stereocenters. The highest BCUT2D eigenvalue weighted by atomic mass is 35.5. The highest BCUT2D eigenvalue weighted by molar-refractivity contribution is 6.32. The molecule has 1 amide bonds. The van der Waals surface area contributed by atoms with E-state index in [1.165, 1.54) is 35.3 Å². The molecule has 162 valence electrons. The summed E-state index contributed by atoms with van der Waals surface area (Å²) in [4.78, 5) is 29.1. The second-order valence-corrected chi connectivity index (χ2v) is 7.46. The summed E-state index contributed by atoms with van der Waals surface area (Å²) in [5, 5.41) is 7.93. The van der Waals surface area contributed by atoms with Crippen LogP contribution in [0.25, 0.3) is 17.1 Å². The molecule has 4 aromatic rings. The zero-order valence-corrected chi connectivity index (χ0v) is 17.7. The van der Waals surface area contributed by atoms with Gasteiger partial charge in [0.15, 0.2) is 5.65 Å². The van der Waals surface area contributed by atoms with E-state index in [0.29, 0.717) is 29.1 Å². The quantitative estimate of drug-likeness (QED) is 0.437. The number of fused-ring (bicyclic) bond motifs is 1. The SMILES string of the molecule is O=C(/C=C/c1ccccc1Cl)NCCn1ncc2c(=O)n(Cc3ccc(F)cc3)cnc21. The third-order valence-electron chi connectivity index (χ3n) is 4.83. The normalized spacial score (nSPS) is 11.3. The largest absolute Gasteiger partial charge is 0.351 e. The molecule has 0 bridgehead atoms. The van der Waals surface area contributed by atoms with E-state index in [0.717, 1.165) is 11.1 Å². The van der Waals surface area contributed by atoms with Crippen molar-refractivity contribution in [3.63, 3.8) is 0 Å². The van der Waals surface area contributed by atoms with Crippen LogP contribution in [0.3, 0.4) is 0 Å². The van der Waals surface area contributed by atoms with E-state index in [-0.39, 0.29) is 23.8 Å². The fraction of sp³-hybridized carbons (Fsp3) is 0.130. The minimum atomic E-state index is -0.331. The molecule has 0 aliphatic heterocycles. The smallest absolute Gasteiger partial charge is 0.264 e. The molecule has 0 fully saturated rings. The molecule has 1 N–H and O–H groups in total. The predicted octanol–water partition coefficient (Wildman–Crippen LogP) is 3.26. The van der Waals surface area contributed by atoms with Gasteiger partial charge in [0.05, 0.1) is 19.3 Å². The number of carbonyl (C=O) groups is 1. The average molecular weight is 452 g/mol. The van der Waals surface area contributed by atoms with Crippen molar-refractivity contribution in [2.24, 2.45) is 0 Å². The van der Waals surface area contributed by atoms with Gasteiger partial charge in [0.1, 0.15) is 17.5 Å². The van der Waals surface area contributed by atoms with E-state index in [1.807, 2.05) is 18.2 Å². The first-order valence-electron chi connectivity index (χ1n) is 9.87. The van der Waals surface area contributed by atoms with Crippen LogP contribution >= 0.6 is 11.6 Å². The standard InChI is InChI=1S/C23H19ClFN5O2/c24-20-4-2-1-3-17(20)7-10-21(31)26-11-12-30-22-19(13-28-30)23(32)29(15-27-22)14-16-5-8-18(25)9-6-16/h1-10,13,15H,11-12,14H2,(H,26,31)/b10-7+. The van der Waals surface area contributed by atoms with Gasteiger partial charge in [0, 0.05) is 17.6 Å². The summed E-state index contributed by atoms with van der Waals surface area (Å²) >= 11 is 6.07. The van der Waals surface area contributed by atoms with Crippen LogP contribution in [0.4, 0.5) is 4.39 Å². The van der Waals surface area contributed by atoms with E-state index in [4.69, 9.17) is 11.6 Å². The van der Waals surface area contributed by atoms with Crippen LogP contribution < -0.4 is 10.9 Å². The first kappa shape index (κ1) is 21.5. The monoisotopic (exact) mass is 451 g/mol. The van der Waals surface area contributed by atoms with Gasteiger partial charge in [-0.2, -0.15) is 5.10 Å². The van der Waals surface area contributed by atoms with Crippen molar-refractivity contribution in [3.8, 4) is 0 Å². The maximum Gasteiger partial charge on any atom is 0.264 e. The molecule has 2 aromatic heterocycles. The number of benzene rings is 2. The number of amides is 1. The molecule has 0 aliphatic carbocycles. The topological polar surface area (TPSA) is 81.8 Å². The van der Waals surface area contributed by atoms with Crippen molar-refractivity contribution in [1.82, 2.24) is 24.6 Å². The fourth-order valence-electron chi connectivity index (χ4n) is 3.18. The van der Waals surface area contributed by atoms with Gasteiger partial charge in [-0.05, 0) is 35.4 Å².